The van der Waals surface area contributed by atoms with Gasteiger partial charge in [-0.3, -0.25) is 9.59 Å². The summed E-state index contributed by atoms with van der Waals surface area (Å²) in [5.74, 6) is -2.05. The Morgan fingerprint density at radius 3 is 2.09 bits per heavy atom. The third-order valence-corrected chi connectivity index (χ3v) is 7.93. The number of alkyl carbamates (subject to hydrolysis) is 1. The number of carbonyl (C=O) groups is 3. The minimum atomic E-state index is -3.71. The number of hydrogen-bond donors (Lipinski definition) is 3. The van der Waals surface area contributed by atoms with Crippen LogP contribution in [0, 0.1) is 0 Å². The highest BCUT2D eigenvalue weighted by molar-refractivity contribution is 7.89. The zero-order valence-corrected chi connectivity index (χ0v) is 19.7. The number of carboxylic acids is 1. The van der Waals surface area contributed by atoms with Gasteiger partial charge in [0.25, 0.3) is 0 Å². The highest BCUT2D eigenvalue weighted by Crippen LogP contribution is 2.44. The molecule has 1 aliphatic carbocycles. The molecular weight excluding hydrogens is 474 g/mol. The number of ether oxygens (including phenoxy) is 1. The molecule has 1 saturated heterocycles. The lowest BCUT2D eigenvalue weighted by Crippen LogP contribution is -2.53. The Morgan fingerprint density at radius 2 is 1.57 bits per heavy atom. The molecule has 2 amide bonds. The SMILES string of the molecule is NS(=O)(=O)C1CCN(C(=O)C(CC(=O)O)NC(=O)OCC2c3ccccc3-c3ccccc32)CC1. The van der Waals surface area contributed by atoms with E-state index >= 15 is 0 Å². The second-order valence-electron chi connectivity index (χ2n) is 8.73. The zero-order chi connectivity index (χ0) is 25.2. The van der Waals surface area contributed by atoms with Gasteiger partial charge >= 0.3 is 12.1 Å². The van der Waals surface area contributed by atoms with Crippen LogP contribution in [0.1, 0.15) is 36.3 Å². The van der Waals surface area contributed by atoms with Gasteiger partial charge in [0.1, 0.15) is 12.6 Å². The van der Waals surface area contributed by atoms with E-state index in [1.54, 1.807) is 0 Å². The lowest BCUT2D eigenvalue weighted by Gasteiger charge is -2.33. The monoisotopic (exact) mass is 501 g/mol. The highest BCUT2D eigenvalue weighted by atomic mass is 32.2. The van der Waals surface area contributed by atoms with Gasteiger partial charge in [0, 0.05) is 19.0 Å². The maximum Gasteiger partial charge on any atom is 0.407 e. The van der Waals surface area contributed by atoms with Gasteiger partial charge in [-0.05, 0) is 35.1 Å². The molecule has 2 aromatic carbocycles. The molecule has 4 rings (SSSR count). The molecule has 2 aliphatic rings. The summed E-state index contributed by atoms with van der Waals surface area (Å²) in [4.78, 5) is 38.2. The van der Waals surface area contributed by atoms with E-state index in [1.807, 2.05) is 48.5 Å². The molecule has 0 bridgehead atoms. The molecule has 1 atom stereocenters. The number of rotatable bonds is 7. The molecule has 35 heavy (non-hydrogen) atoms. The summed E-state index contributed by atoms with van der Waals surface area (Å²) < 4.78 is 28.5. The number of carbonyl (C=O) groups excluding carboxylic acids is 2. The van der Waals surface area contributed by atoms with Gasteiger partial charge in [0.2, 0.25) is 15.9 Å². The first-order chi connectivity index (χ1) is 16.6. The molecule has 186 valence electrons. The number of nitrogens with two attached hydrogens (primary N) is 1. The normalized spacial score (nSPS) is 16.8. The van der Waals surface area contributed by atoms with E-state index < -0.39 is 45.7 Å². The predicted molar refractivity (Wildman–Crippen MR) is 127 cm³/mol. The van der Waals surface area contributed by atoms with Gasteiger partial charge in [0.05, 0.1) is 11.7 Å². The first-order valence-electron chi connectivity index (χ1n) is 11.3. The minimum Gasteiger partial charge on any atom is -0.481 e. The van der Waals surface area contributed by atoms with Gasteiger partial charge in [-0.2, -0.15) is 0 Å². The van der Waals surface area contributed by atoms with Crippen LogP contribution < -0.4 is 10.5 Å². The Kier molecular flexibility index (Phi) is 7.08. The van der Waals surface area contributed by atoms with Crippen molar-refractivity contribution < 1.29 is 32.6 Å². The summed E-state index contributed by atoms with van der Waals surface area (Å²) in [5, 5.41) is 16.1. The Balaban J connectivity index is 1.40. The van der Waals surface area contributed by atoms with Gasteiger partial charge in [-0.15, -0.1) is 0 Å². The van der Waals surface area contributed by atoms with E-state index in [0.29, 0.717) is 0 Å². The second-order valence-corrected chi connectivity index (χ2v) is 10.6. The van der Waals surface area contributed by atoms with Crippen molar-refractivity contribution in [3.05, 3.63) is 59.7 Å². The molecule has 0 saturated carbocycles. The molecule has 1 heterocycles. The number of fused-ring (bicyclic) bond motifs is 3. The number of aliphatic carboxylic acids is 1. The Hall–Kier alpha value is -3.44. The number of amides is 2. The molecule has 0 radical (unpaired) electrons. The fourth-order valence-electron chi connectivity index (χ4n) is 4.78. The van der Waals surface area contributed by atoms with Crippen LogP contribution in [0.4, 0.5) is 4.79 Å². The van der Waals surface area contributed by atoms with Gasteiger partial charge in [-0.1, -0.05) is 48.5 Å². The van der Waals surface area contributed by atoms with Gasteiger partial charge in [0.15, 0.2) is 0 Å². The Bertz CT molecular complexity index is 1190. The molecule has 4 N–H and O–H groups in total. The van der Waals surface area contributed by atoms with E-state index in [4.69, 9.17) is 9.88 Å². The zero-order valence-electron chi connectivity index (χ0n) is 18.9. The largest absolute Gasteiger partial charge is 0.481 e. The number of hydrogen-bond acceptors (Lipinski definition) is 6. The number of likely N-dealkylation sites (tertiary alicyclic amines) is 1. The summed E-state index contributed by atoms with van der Waals surface area (Å²) in [7, 11) is -3.71. The Morgan fingerprint density at radius 1 is 1.03 bits per heavy atom. The third-order valence-electron chi connectivity index (χ3n) is 6.53. The summed E-state index contributed by atoms with van der Waals surface area (Å²) in [6.07, 6.45) is -1.23. The summed E-state index contributed by atoms with van der Waals surface area (Å²) >= 11 is 0. The van der Waals surface area contributed by atoms with Crippen molar-refractivity contribution in [3.8, 4) is 11.1 Å². The van der Waals surface area contributed by atoms with Crippen LogP contribution in [-0.2, 0) is 24.3 Å². The van der Waals surface area contributed by atoms with Crippen molar-refractivity contribution in [1.82, 2.24) is 10.2 Å². The molecule has 1 fully saturated rings. The van der Waals surface area contributed by atoms with Crippen molar-refractivity contribution >= 4 is 28.0 Å². The number of nitrogens with one attached hydrogen (secondary N) is 1. The van der Waals surface area contributed by atoms with Crippen molar-refractivity contribution in [2.24, 2.45) is 5.14 Å². The van der Waals surface area contributed by atoms with Crippen molar-refractivity contribution in [2.45, 2.75) is 36.5 Å². The van der Waals surface area contributed by atoms with Crippen molar-refractivity contribution in [1.29, 1.82) is 0 Å². The quantitative estimate of drug-likeness (QED) is 0.521. The van der Waals surface area contributed by atoms with Crippen LogP contribution in [0.5, 0.6) is 0 Å². The molecule has 1 aliphatic heterocycles. The number of carboxylic acid groups (broad SMARTS) is 1. The smallest absolute Gasteiger partial charge is 0.407 e. The van der Waals surface area contributed by atoms with E-state index in [-0.39, 0.29) is 38.5 Å². The predicted octanol–water partition coefficient (Wildman–Crippen LogP) is 1.65. The van der Waals surface area contributed by atoms with Crippen molar-refractivity contribution in [2.75, 3.05) is 19.7 Å². The van der Waals surface area contributed by atoms with E-state index in [9.17, 15) is 27.9 Å². The molecule has 0 aromatic heterocycles. The highest BCUT2D eigenvalue weighted by Gasteiger charge is 2.34. The van der Waals surface area contributed by atoms with Crippen LogP contribution >= 0.6 is 0 Å². The first-order valence-corrected chi connectivity index (χ1v) is 12.9. The average Bonchev–Trinajstić information content (AvgIpc) is 3.15. The summed E-state index contributed by atoms with van der Waals surface area (Å²) in [6, 6.07) is 14.3. The first kappa shape index (κ1) is 24.7. The summed E-state index contributed by atoms with van der Waals surface area (Å²) in [5.41, 5.74) is 4.19. The lowest BCUT2D eigenvalue weighted by molar-refractivity contribution is -0.142. The number of piperidine rings is 1. The maximum atomic E-state index is 12.9. The second kappa shape index (κ2) is 10.0. The minimum absolute atomic E-state index is 0.0214. The fraction of sp³-hybridized carbons (Fsp3) is 0.375. The van der Waals surface area contributed by atoms with Crippen molar-refractivity contribution in [3.63, 3.8) is 0 Å². The molecule has 10 nitrogen and oxygen atoms in total. The van der Waals surface area contributed by atoms with Crippen LogP contribution in [-0.4, -0.2) is 67.4 Å². The number of sulfonamides is 1. The third kappa shape index (κ3) is 5.46. The summed E-state index contributed by atoms with van der Waals surface area (Å²) in [6.45, 7) is 0.221. The molecule has 11 heteroatoms. The number of benzene rings is 2. The maximum absolute atomic E-state index is 12.9. The van der Waals surface area contributed by atoms with Gasteiger partial charge < -0.3 is 20.1 Å². The van der Waals surface area contributed by atoms with E-state index in [0.717, 1.165) is 22.3 Å². The lowest BCUT2D eigenvalue weighted by atomic mass is 9.98. The van der Waals surface area contributed by atoms with Crippen LogP contribution in [0.3, 0.4) is 0 Å². The molecule has 2 aromatic rings. The van der Waals surface area contributed by atoms with Crippen LogP contribution in [0.2, 0.25) is 0 Å². The van der Waals surface area contributed by atoms with Crippen LogP contribution in [0.15, 0.2) is 48.5 Å². The Labute approximate surface area is 203 Å². The fourth-order valence-corrected chi connectivity index (χ4v) is 5.65. The number of primary sulfonamides is 1. The topological polar surface area (TPSA) is 156 Å². The standard InChI is InChI=1S/C24H27N3O7S/c25-35(32,33)15-9-11-27(12-10-15)23(30)21(13-22(28)29)26-24(31)34-14-20-18-7-3-1-5-16(18)17-6-2-4-8-19(17)20/h1-8,15,20-21H,9-14H2,(H,26,31)(H,28,29)(H2,25,32,33). The van der Waals surface area contributed by atoms with E-state index in [2.05, 4.69) is 5.32 Å². The van der Waals surface area contributed by atoms with E-state index in [1.165, 1.54) is 4.90 Å². The van der Waals surface area contributed by atoms with Gasteiger partial charge in [-0.25, -0.2) is 18.4 Å². The van der Waals surface area contributed by atoms with Crippen LogP contribution in [0.25, 0.3) is 11.1 Å². The molecule has 1 unspecified atom stereocenters. The molecule has 0 spiro atoms. The number of nitrogens with zero attached hydrogens (tertiary/aromatic N) is 1. The molecular formula is C24H27N3O7S. The average molecular weight is 502 g/mol.